The van der Waals surface area contributed by atoms with Crippen molar-refractivity contribution in [3.8, 4) is 0 Å². The summed E-state index contributed by atoms with van der Waals surface area (Å²) in [5.41, 5.74) is 0. The van der Waals surface area contributed by atoms with E-state index in [1.54, 1.807) is 21.1 Å². The highest BCUT2D eigenvalue weighted by molar-refractivity contribution is 5.70. The second-order valence-electron chi connectivity index (χ2n) is 16.0. The highest BCUT2D eigenvalue weighted by Crippen LogP contribution is 2.13. The Morgan fingerprint density at radius 2 is 0.982 bits per heavy atom. The van der Waals surface area contributed by atoms with Crippen LogP contribution in [0.2, 0.25) is 0 Å². The van der Waals surface area contributed by atoms with Gasteiger partial charge < -0.3 is 28.6 Å². The standard InChI is InChI=1S/C49H83NO7/c1-6-8-10-12-14-16-18-20-22-23-24-26-27-29-31-33-35-37-39-47(51)56-44-45(43-55-42-41-46(49(53)54)50(3,4)5)57-48(52)40-38-36-34-32-30-28-25-21-19-17-15-13-11-9-7-2/h9,11,13,15,17,19,21-26,45-46H,6-8,10,12,14,16,18,20,27-44H2,1-5H3/b11-9+,15-13+,19-17+,23-22+,25-21+,26-24+. The third-order valence-corrected chi connectivity index (χ3v) is 9.70. The van der Waals surface area contributed by atoms with Gasteiger partial charge in [-0.25, -0.2) is 0 Å². The smallest absolute Gasteiger partial charge is 0.306 e. The third kappa shape index (κ3) is 38.1. The van der Waals surface area contributed by atoms with Crippen LogP contribution in [0.1, 0.15) is 168 Å². The topological polar surface area (TPSA) is 102 Å². The van der Waals surface area contributed by atoms with E-state index in [1.807, 2.05) is 30.4 Å². The Labute approximate surface area is 349 Å². The van der Waals surface area contributed by atoms with E-state index in [9.17, 15) is 19.5 Å². The van der Waals surface area contributed by atoms with Crippen molar-refractivity contribution in [3.05, 3.63) is 72.9 Å². The van der Waals surface area contributed by atoms with E-state index in [0.29, 0.717) is 6.42 Å². The number of unbranched alkanes of at least 4 members (excludes halogenated alkanes) is 17. The zero-order valence-corrected chi connectivity index (χ0v) is 37.0. The van der Waals surface area contributed by atoms with Crippen LogP contribution in [0, 0.1) is 0 Å². The molecule has 8 heteroatoms. The Morgan fingerprint density at radius 3 is 1.47 bits per heavy atom. The molecule has 0 N–H and O–H groups in total. The number of likely N-dealkylation sites (N-methyl/N-ethyl adjacent to an activating group) is 1. The average molecular weight is 798 g/mol. The van der Waals surface area contributed by atoms with Gasteiger partial charge in [-0.2, -0.15) is 0 Å². The van der Waals surface area contributed by atoms with Gasteiger partial charge in [-0.1, -0.05) is 164 Å². The number of esters is 2. The number of carboxylic acid groups (broad SMARTS) is 1. The lowest BCUT2D eigenvalue weighted by atomic mass is 10.1. The van der Waals surface area contributed by atoms with Gasteiger partial charge in [0.15, 0.2) is 6.10 Å². The van der Waals surface area contributed by atoms with Crippen molar-refractivity contribution in [1.82, 2.24) is 0 Å². The van der Waals surface area contributed by atoms with Crippen molar-refractivity contribution in [3.63, 3.8) is 0 Å². The summed E-state index contributed by atoms with van der Waals surface area (Å²) in [6.45, 7) is 4.46. The Morgan fingerprint density at radius 1 is 0.544 bits per heavy atom. The molecule has 0 fully saturated rings. The fourth-order valence-corrected chi connectivity index (χ4v) is 6.19. The van der Waals surface area contributed by atoms with Gasteiger partial charge in [0.1, 0.15) is 12.6 Å². The first-order valence-corrected chi connectivity index (χ1v) is 22.5. The summed E-state index contributed by atoms with van der Waals surface area (Å²) < 4.78 is 17.1. The number of rotatable bonds is 39. The number of carbonyl (C=O) groups excluding carboxylic acids is 3. The number of aliphatic carboxylic acids is 1. The lowest BCUT2D eigenvalue weighted by Crippen LogP contribution is -2.55. The Kier molecular flexibility index (Phi) is 37.3. The van der Waals surface area contributed by atoms with Crippen molar-refractivity contribution in [2.24, 2.45) is 0 Å². The molecular formula is C49H83NO7. The number of hydrogen-bond acceptors (Lipinski definition) is 7. The van der Waals surface area contributed by atoms with Crippen LogP contribution in [0.25, 0.3) is 0 Å². The number of ether oxygens (including phenoxy) is 3. The van der Waals surface area contributed by atoms with E-state index >= 15 is 0 Å². The van der Waals surface area contributed by atoms with E-state index in [4.69, 9.17) is 14.2 Å². The van der Waals surface area contributed by atoms with Crippen molar-refractivity contribution >= 4 is 17.9 Å². The van der Waals surface area contributed by atoms with Gasteiger partial charge in [-0.05, 0) is 57.8 Å². The fraction of sp³-hybridized carbons (Fsp3) is 0.694. The zero-order chi connectivity index (χ0) is 42.1. The average Bonchev–Trinajstić information content (AvgIpc) is 3.17. The molecular weight excluding hydrogens is 715 g/mol. The molecule has 8 nitrogen and oxygen atoms in total. The number of carbonyl (C=O) groups is 3. The molecule has 2 atom stereocenters. The largest absolute Gasteiger partial charge is 0.544 e. The fourth-order valence-electron chi connectivity index (χ4n) is 6.19. The van der Waals surface area contributed by atoms with Gasteiger partial charge in [0, 0.05) is 19.3 Å². The normalized spacial score (nSPS) is 13.6. The molecule has 0 amide bonds. The van der Waals surface area contributed by atoms with E-state index < -0.39 is 18.1 Å². The first-order valence-electron chi connectivity index (χ1n) is 22.5. The van der Waals surface area contributed by atoms with Gasteiger partial charge >= 0.3 is 11.9 Å². The van der Waals surface area contributed by atoms with Gasteiger partial charge in [-0.15, -0.1) is 0 Å². The summed E-state index contributed by atoms with van der Waals surface area (Å²) >= 11 is 0. The Hall–Kier alpha value is -3.23. The molecule has 57 heavy (non-hydrogen) atoms. The predicted molar refractivity (Wildman–Crippen MR) is 235 cm³/mol. The van der Waals surface area contributed by atoms with E-state index in [0.717, 1.165) is 83.5 Å². The van der Waals surface area contributed by atoms with Crippen molar-refractivity contribution in [1.29, 1.82) is 0 Å². The second kappa shape index (κ2) is 39.6. The van der Waals surface area contributed by atoms with E-state index in [-0.39, 0.29) is 49.1 Å². The van der Waals surface area contributed by atoms with Gasteiger partial charge in [0.25, 0.3) is 0 Å². The number of allylic oxidation sites excluding steroid dienone is 12. The molecule has 0 saturated heterocycles. The molecule has 326 valence electrons. The Bertz CT molecular complexity index is 1160. The van der Waals surface area contributed by atoms with Crippen LogP contribution in [-0.4, -0.2) is 75.5 Å². The molecule has 0 aliphatic heterocycles. The van der Waals surface area contributed by atoms with Crippen molar-refractivity contribution in [2.45, 2.75) is 180 Å². The van der Waals surface area contributed by atoms with E-state index in [2.05, 4.69) is 56.4 Å². The molecule has 0 saturated carbocycles. The molecule has 0 radical (unpaired) electrons. The highest BCUT2D eigenvalue weighted by atomic mass is 16.6. The first-order chi connectivity index (χ1) is 27.6. The summed E-state index contributed by atoms with van der Waals surface area (Å²) in [5.74, 6) is -1.79. The first kappa shape index (κ1) is 53.8. The summed E-state index contributed by atoms with van der Waals surface area (Å²) in [6.07, 6.45) is 49.2. The Balaban J connectivity index is 4.41. The quantitative estimate of drug-likeness (QED) is 0.0264. The maximum absolute atomic E-state index is 12.7. The predicted octanol–water partition coefficient (Wildman–Crippen LogP) is 11.0. The van der Waals surface area contributed by atoms with Crippen LogP contribution in [0.15, 0.2) is 72.9 Å². The summed E-state index contributed by atoms with van der Waals surface area (Å²) in [7, 11) is 5.38. The lowest BCUT2D eigenvalue weighted by Gasteiger charge is -2.34. The summed E-state index contributed by atoms with van der Waals surface area (Å²) in [5, 5.41) is 11.6. The maximum Gasteiger partial charge on any atom is 0.306 e. The number of nitrogens with zero attached hydrogens (tertiary/aromatic N) is 1. The number of hydrogen-bond donors (Lipinski definition) is 0. The summed E-state index contributed by atoms with van der Waals surface area (Å²) in [4.78, 5) is 36.9. The molecule has 2 unspecified atom stereocenters. The van der Waals surface area contributed by atoms with Crippen molar-refractivity contribution in [2.75, 3.05) is 41.0 Å². The van der Waals surface area contributed by atoms with Crippen molar-refractivity contribution < 1.29 is 38.2 Å². The minimum Gasteiger partial charge on any atom is -0.544 e. The third-order valence-electron chi connectivity index (χ3n) is 9.70. The van der Waals surface area contributed by atoms with Crippen LogP contribution in [-0.2, 0) is 28.6 Å². The number of carboxylic acids is 1. The zero-order valence-electron chi connectivity index (χ0n) is 37.0. The molecule has 0 bridgehead atoms. The van der Waals surface area contributed by atoms with Crippen LogP contribution in [0.3, 0.4) is 0 Å². The van der Waals surface area contributed by atoms with Gasteiger partial charge in [0.05, 0.1) is 40.3 Å². The maximum atomic E-state index is 12.7. The molecule has 0 aliphatic rings. The second-order valence-corrected chi connectivity index (χ2v) is 16.0. The molecule has 0 aromatic heterocycles. The lowest BCUT2D eigenvalue weighted by molar-refractivity contribution is -0.889. The van der Waals surface area contributed by atoms with Crippen LogP contribution in [0.4, 0.5) is 0 Å². The summed E-state index contributed by atoms with van der Waals surface area (Å²) in [6, 6.07) is -0.736. The van der Waals surface area contributed by atoms with Crippen LogP contribution < -0.4 is 5.11 Å². The monoisotopic (exact) mass is 798 g/mol. The van der Waals surface area contributed by atoms with Gasteiger partial charge in [-0.3, -0.25) is 9.59 Å². The van der Waals surface area contributed by atoms with Gasteiger partial charge in [0.2, 0.25) is 0 Å². The minimum atomic E-state index is -1.13. The molecule has 0 aromatic rings. The SMILES string of the molecule is CC/C=C/C=C/C=C/C=C/CCCCCCCC(=O)OC(COCCC(C(=O)[O-])[N+](C)(C)C)COC(=O)CCCCCCC/C=C/C=C/CCCCCCCCC. The molecule has 0 spiro atoms. The van der Waals surface area contributed by atoms with E-state index in [1.165, 1.54) is 51.4 Å². The van der Waals surface area contributed by atoms with Crippen LogP contribution >= 0.6 is 0 Å². The van der Waals surface area contributed by atoms with Crippen LogP contribution in [0.5, 0.6) is 0 Å². The number of quaternary nitrogens is 1. The minimum absolute atomic E-state index is 0.0221. The highest BCUT2D eigenvalue weighted by Gasteiger charge is 2.25. The molecule has 0 aliphatic carbocycles. The molecule has 0 heterocycles. The molecule has 0 rings (SSSR count). The molecule has 0 aromatic carbocycles.